The second-order valence-electron chi connectivity index (χ2n) is 6.03. The van der Waals surface area contributed by atoms with Gasteiger partial charge in [-0.15, -0.1) is 5.10 Å². The minimum atomic E-state index is -0.0329. The summed E-state index contributed by atoms with van der Waals surface area (Å²) in [6, 6.07) is 3.47. The van der Waals surface area contributed by atoms with Gasteiger partial charge < -0.3 is 9.47 Å². The molecule has 0 unspecified atom stereocenters. The second-order valence-corrected chi connectivity index (χ2v) is 6.03. The second kappa shape index (κ2) is 7.35. The zero-order valence-electron chi connectivity index (χ0n) is 13.6. The van der Waals surface area contributed by atoms with Crippen LogP contribution in [0.5, 0.6) is 0 Å². The first-order valence-electron chi connectivity index (χ1n) is 8.37. The Morgan fingerprint density at radius 1 is 1.39 bits per heavy atom. The standard InChI is InChI=1S/C17H23N5O/c1-2-3-10-21-12-9-18-16(21)14-6-5-11-22(13-14)17(23)15-7-4-8-19-20-15/h4,7-9,12,14H,2-3,5-6,10-11,13H2,1H3/t14-/m0/s1. The molecule has 2 aromatic heterocycles. The van der Waals surface area contributed by atoms with Crippen molar-refractivity contribution in [2.45, 2.75) is 45.1 Å². The van der Waals surface area contributed by atoms with Crippen molar-refractivity contribution in [1.29, 1.82) is 0 Å². The van der Waals surface area contributed by atoms with Crippen LogP contribution in [0.4, 0.5) is 0 Å². The fourth-order valence-corrected chi connectivity index (χ4v) is 3.15. The highest BCUT2D eigenvalue weighted by atomic mass is 16.2. The third-order valence-electron chi connectivity index (χ3n) is 4.37. The fraction of sp³-hybridized carbons (Fsp3) is 0.529. The third-order valence-corrected chi connectivity index (χ3v) is 4.37. The monoisotopic (exact) mass is 313 g/mol. The molecule has 23 heavy (non-hydrogen) atoms. The highest BCUT2D eigenvalue weighted by molar-refractivity contribution is 5.92. The normalized spacial score (nSPS) is 18.1. The van der Waals surface area contributed by atoms with Gasteiger partial charge in [0.2, 0.25) is 0 Å². The van der Waals surface area contributed by atoms with E-state index < -0.39 is 0 Å². The van der Waals surface area contributed by atoms with E-state index in [0.717, 1.165) is 38.2 Å². The summed E-state index contributed by atoms with van der Waals surface area (Å²) in [5.41, 5.74) is 0.419. The van der Waals surface area contributed by atoms with Gasteiger partial charge in [-0.25, -0.2) is 4.98 Å². The molecule has 1 saturated heterocycles. The lowest BCUT2D eigenvalue weighted by molar-refractivity contribution is 0.0696. The van der Waals surface area contributed by atoms with E-state index in [9.17, 15) is 4.79 Å². The fourth-order valence-electron chi connectivity index (χ4n) is 3.15. The first-order valence-corrected chi connectivity index (χ1v) is 8.37. The third kappa shape index (κ3) is 3.57. The molecular formula is C17H23N5O. The van der Waals surface area contributed by atoms with Gasteiger partial charge in [0.25, 0.3) is 5.91 Å². The molecule has 1 aliphatic rings. The van der Waals surface area contributed by atoms with Gasteiger partial charge in [0, 0.05) is 44.1 Å². The van der Waals surface area contributed by atoms with Crippen LogP contribution < -0.4 is 0 Å². The Morgan fingerprint density at radius 2 is 2.30 bits per heavy atom. The summed E-state index contributed by atoms with van der Waals surface area (Å²) in [5, 5.41) is 7.74. The van der Waals surface area contributed by atoms with E-state index in [0.29, 0.717) is 18.2 Å². The topological polar surface area (TPSA) is 63.9 Å². The SMILES string of the molecule is CCCCn1ccnc1[C@H]1CCCN(C(=O)c2cccnn2)C1. The average Bonchev–Trinajstić information content (AvgIpc) is 3.08. The number of aromatic nitrogens is 4. The molecular weight excluding hydrogens is 290 g/mol. The molecule has 2 aromatic rings. The number of imidazole rings is 1. The van der Waals surface area contributed by atoms with Crippen LogP contribution in [0.1, 0.15) is 54.8 Å². The largest absolute Gasteiger partial charge is 0.337 e. The van der Waals surface area contributed by atoms with Crippen LogP contribution in [0, 0.1) is 0 Å². The van der Waals surface area contributed by atoms with Gasteiger partial charge >= 0.3 is 0 Å². The van der Waals surface area contributed by atoms with Crippen LogP contribution in [0.15, 0.2) is 30.7 Å². The lowest BCUT2D eigenvalue weighted by Crippen LogP contribution is -2.40. The summed E-state index contributed by atoms with van der Waals surface area (Å²) in [6.45, 7) is 4.68. The Hall–Kier alpha value is -2.24. The Bertz CT molecular complexity index is 639. The van der Waals surface area contributed by atoms with E-state index in [4.69, 9.17) is 0 Å². The van der Waals surface area contributed by atoms with E-state index in [1.165, 1.54) is 6.42 Å². The number of carbonyl (C=O) groups excluding carboxylic acids is 1. The van der Waals surface area contributed by atoms with E-state index in [1.54, 1.807) is 18.3 Å². The van der Waals surface area contributed by atoms with Crippen LogP contribution >= 0.6 is 0 Å². The van der Waals surface area contributed by atoms with Crippen molar-refractivity contribution < 1.29 is 4.79 Å². The number of hydrogen-bond acceptors (Lipinski definition) is 4. The minimum absolute atomic E-state index is 0.0329. The van der Waals surface area contributed by atoms with Crippen LogP contribution in [-0.4, -0.2) is 43.6 Å². The molecule has 6 heteroatoms. The van der Waals surface area contributed by atoms with Crippen molar-refractivity contribution in [1.82, 2.24) is 24.6 Å². The molecule has 0 aromatic carbocycles. The number of hydrogen-bond donors (Lipinski definition) is 0. The van der Waals surface area contributed by atoms with Crippen LogP contribution in [0.3, 0.4) is 0 Å². The van der Waals surface area contributed by atoms with Crippen LogP contribution in [-0.2, 0) is 6.54 Å². The van der Waals surface area contributed by atoms with Crippen molar-refractivity contribution in [3.8, 4) is 0 Å². The molecule has 0 spiro atoms. The summed E-state index contributed by atoms with van der Waals surface area (Å²) < 4.78 is 2.24. The van der Waals surface area contributed by atoms with Crippen molar-refractivity contribution in [3.05, 3.63) is 42.2 Å². The predicted octanol–water partition coefficient (Wildman–Crippen LogP) is 2.49. The molecule has 0 bridgehead atoms. The Labute approximate surface area is 136 Å². The molecule has 1 fully saturated rings. The molecule has 3 heterocycles. The number of piperidine rings is 1. The number of carbonyl (C=O) groups is 1. The van der Waals surface area contributed by atoms with E-state index in [-0.39, 0.29) is 5.91 Å². The lowest BCUT2D eigenvalue weighted by Gasteiger charge is -2.32. The van der Waals surface area contributed by atoms with Gasteiger partial charge in [-0.1, -0.05) is 13.3 Å². The predicted molar refractivity (Wildman–Crippen MR) is 87.0 cm³/mol. The number of likely N-dealkylation sites (tertiary alicyclic amines) is 1. The molecule has 3 rings (SSSR count). The van der Waals surface area contributed by atoms with Gasteiger partial charge in [-0.3, -0.25) is 4.79 Å². The van der Waals surface area contributed by atoms with Gasteiger partial charge in [0.1, 0.15) is 5.82 Å². The van der Waals surface area contributed by atoms with Crippen LogP contribution in [0.25, 0.3) is 0 Å². The maximum Gasteiger partial charge on any atom is 0.274 e. The highest BCUT2D eigenvalue weighted by Crippen LogP contribution is 2.26. The Kier molecular flexibility index (Phi) is 5.00. The smallest absolute Gasteiger partial charge is 0.274 e. The number of unbranched alkanes of at least 4 members (excludes halogenated alkanes) is 1. The van der Waals surface area contributed by atoms with Crippen molar-refractivity contribution in [2.24, 2.45) is 0 Å². The molecule has 1 atom stereocenters. The molecule has 0 N–H and O–H groups in total. The molecule has 1 aliphatic heterocycles. The first-order chi connectivity index (χ1) is 11.3. The van der Waals surface area contributed by atoms with E-state index in [2.05, 4.69) is 32.9 Å². The molecule has 0 aliphatic carbocycles. The zero-order valence-corrected chi connectivity index (χ0v) is 13.6. The molecule has 122 valence electrons. The maximum absolute atomic E-state index is 12.6. The summed E-state index contributed by atoms with van der Waals surface area (Å²) in [7, 11) is 0. The summed E-state index contributed by atoms with van der Waals surface area (Å²) in [4.78, 5) is 19.0. The summed E-state index contributed by atoms with van der Waals surface area (Å²) in [5.74, 6) is 1.38. The van der Waals surface area contributed by atoms with Gasteiger partial charge in [-0.05, 0) is 31.4 Å². The van der Waals surface area contributed by atoms with Gasteiger partial charge in [0.05, 0.1) is 0 Å². The quantitative estimate of drug-likeness (QED) is 0.851. The molecule has 0 saturated carbocycles. The summed E-state index contributed by atoms with van der Waals surface area (Å²) >= 11 is 0. The maximum atomic E-state index is 12.6. The number of nitrogens with zero attached hydrogens (tertiary/aromatic N) is 5. The van der Waals surface area contributed by atoms with Crippen LogP contribution in [0.2, 0.25) is 0 Å². The number of aryl methyl sites for hydroxylation is 1. The number of amides is 1. The average molecular weight is 313 g/mol. The van der Waals surface area contributed by atoms with Gasteiger partial charge in [-0.2, -0.15) is 5.10 Å². The zero-order chi connectivity index (χ0) is 16.1. The van der Waals surface area contributed by atoms with E-state index in [1.807, 2.05) is 11.1 Å². The highest BCUT2D eigenvalue weighted by Gasteiger charge is 2.28. The molecule has 0 radical (unpaired) electrons. The van der Waals surface area contributed by atoms with Crippen molar-refractivity contribution >= 4 is 5.91 Å². The minimum Gasteiger partial charge on any atom is -0.337 e. The lowest BCUT2D eigenvalue weighted by atomic mass is 9.96. The van der Waals surface area contributed by atoms with Crippen molar-refractivity contribution in [3.63, 3.8) is 0 Å². The Morgan fingerprint density at radius 3 is 3.09 bits per heavy atom. The first kappa shape index (κ1) is 15.6. The number of rotatable bonds is 5. The molecule has 1 amide bonds. The van der Waals surface area contributed by atoms with Crippen molar-refractivity contribution in [2.75, 3.05) is 13.1 Å². The van der Waals surface area contributed by atoms with E-state index >= 15 is 0 Å². The molecule has 6 nitrogen and oxygen atoms in total. The summed E-state index contributed by atoms with van der Waals surface area (Å²) in [6.07, 6.45) is 9.89. The Balaban J connectivity index is 1.71. The van der Waals surface area contributed by atoms with Gasteiger partial charge in [0.15, 0.2) is 5.69 Å².